The Labute approximate surface area is 72.1 Å². The topological polar surface area (TPSA) is 44.0 Å². The summed E-state index contributed by atoms with van der Waals surface area (Å²) in [5, 5.41) is 17.3. The molecule has 1 atom stereocenters. The third-order valence-corrected chi connectivity index (χ3v) is 1.73. The molecular formula is C10H11NO. The van der Waals surface area contributed by atoms with Gasteiger partial charge in [-0.3, -0.25) is 0 Å². The molecule has 0 bridgehead atoms. The van der Waals surface area contributed by atoms with Crippen LogP contribution >= 0.6 is 0 Å². The van der Waals surface area contributed by atoms with Crippen LogP contribution < -0.4 is 0 Å². The van der Waals surface area contributed by atoms with Crippen molar-refractivity contribution in [3.63, 3.8) is 0 Å². The van der Waals surface area contributed by atoms with Gasteiger partial charge in [0.1, 0.15) is 0 Å². The number of aliphatic hydroxyl groups is 1. The van der Waals surface area contributed by atoms with Gasteiger partial charge in [0.05, 0.1) is 18.6 Å². The molecule has 0 saturated carbocycles. The van der Waals surface area contributed by atoms with Gasteiger partial charge < -0.3 is 5.11 Å². The van der Waals surface area contributed by atoms with Crippen LogP contribution in [0.4, 0.5) is 0 Å². The first-order valence-corrected chi connectivity index (χ1v) is 3.91. The fourth-order valence-electron chi connectivity index (χ4n) is 1.05. The monoisotopic (exact) mass is 161 g/mol. The van der Waals surface area contributed by atoms with E-state index in [1.165, 1.54) is 0 Å². The van der Waals surface area contributed by atoms with Crippen LogP contribution in [0.25, 0.3) is 0 Å². The Bertz CT molecular complexity index is 263. The van der Waals surface area contributed by atoms with Crippen molar-refractivity contribution in [1.29, 1.82) is 5.26 Å². The van der Waals surface area contributed by atoms with Crippen molar-refractivity contribution in [2.75, 3.05) is 6.61 Å². The van der Waals surface area contributed by atoms with Crippen LogP contribution in [-0.2, 0) is 6.42 Å². The summed E-state index contributed by atoms with van der Waals surface area (Å²) in [5.74, 6) is -0.271. The van der Waals surface area contributed by atoms with Gasteiger partial charge in [-0.05, 0) is 12.0 Å². The summed E-state index contributed by atoms with van der Waals surface area (Å²) in [5.41, 5.74) is 1.10. The van der Waals surface area contributed by atoms with Gasteiger partial charge >= 0.3 is 0 Å². The summed E-state index contributed by atoms with van der Waals surface area (Å²) < 4.78 is 0. The maximum Gasteiger partial charge on any atom is 0.0734 e. The van der Waals surface area contributed by atoms with Gasteiger partial charge in [-0.1, -0.05) is 30.3 Å². The van der Waals surface area contributed by atoms with Crippen molar-refractivity contribution in [3.8, 4) is 6.07 Å². The quantitative estimate of drug-likeness (QED) is 0.727. The van der Waals surface area contributed by atoms with Crippen molar-refractivity contribution < 1.29 is 5.11 Å². The molecule has 1 aromatic rings. The Balaban J connectivity index is 2.58. The first-order valence-electron chi connectivity index (χ1n) is 3.91. The van der Waals surface area contributed by atoms with Gasteiger partial charge in [0.15, 0.2) is 0 Å². The largest absolute Gasteiger partial charge is 0.395 e. The molecule has 0 aromatic heterocycles. The number of aliphatic hydroxyl groups excluding tert-OH is 1. The van der Waals surface area contributed by atoms with Crippen LogP contribution in [0.5, 0.6) is 0 Å². The SMILES string of the molecule is N#C[C@@H](CO)Cc1ccccc1. The lowest BCUT2D eigenvalue weighted by Crippen LogP contribution is -2.06. The summed E-state index contributed by atoms with van der Waals surface area (Å²) in [4.78, 5) is 0. The second-order valence-corrected chi connectivity index (χ2v) is 2.70. The highest BCUT2D eigenvalue weighted by atomic mass is 16.3. The van der Waals surface area contributed by atoms with Crippen LogP contribution in [0.15, 0.2) is 30.3 Å². The Hall–Kier alpha value is -1.33. The van der Waals surface area contributed by atoms with E-state index in [1.54, 1.807) is 0 Å². The molecule has 1 N–H and O–H groups in total. The molecule has 0 fully saturated rings. The number of rotatable bonds is 3. The molecule has 1 aromatic carbocycles. The fraction of sp³-hybridized carbons (Fsp3) is 0.300. The minimum atomic E-state index is -0.271. The van der Waals surface area contributed by atoms with Gasteiger partial charge in [-0.2, -0.15) is 5.26 Å². The van der Waals surface area contributed by atoms with Gasteiger partial charge in [-0.25, -0.2) is 0 Å². The lowest BCUT2D eigenvalue weighted by Gasteiger charge is -2.03. The van der Waals surface area contributed by atoms with Crippen molar-refractivity contribution in [2.24, 2.45) is 5.92 Å². The van der Waals surface area contributed by atoms with Gasteiger partial charge in [0.2, 0.25) is 0 Å². The Morgan fingerprint density at radius 3 is 2.50 bits per heavy atom. The second kappa shape index (κ2) is 4.53. The average molecular weight is 161 g/mol. The normalized spacial score (nSPS) is 12.0. The first kappa shape index (κ1) is 8.76. The highest BCUT2D eigenvalue weighted by Crippen LogP contribution is 2.06. The highest BCUT2D eigenvalue weighted by Gasteiger charge is 2.05. The molecule has 2 nitrogen and oxygen atoms in total. The van der Waals surface area contributed by atoms with E-state index in [0.717, 1.165) is 5.56 Å². The summed E-state index contributed by atoms with van der Waals surface area (Å²) in [6, 6.07) is 11.8. The van der Waals surface area contributed by atoms with E-state index in [4.69, 9.17) is 10.4 Å². The Morgan fingerprint density at radius 2 is 2.00 bits per heavy atom. The first-order chi connectivity index (χ1) is 5.86. The number of nitrogens with zero attached hydrogens (tertiary/aromatic N) is 1. The molecule has 12 heavy (non-hydrogen) atoms. The second-order valence-electron chi connectivity index (χ2n) is 2.70. The molecular weight excluding hydrogens is 150 g/mol. The molecule has 0 unspecified atom stereocenters. The third-order valence-electron chi connectivity index (χ3n) is 1.73. The minimum Gasteiger partial charge on any atom is -0.395 e. The highest BCUT2D eigenvalue weighted by molar-refractivity contribution is 5.16. The summed E-state index contributed by atoms with van der Waals surface area (Å²) in [7, 11) is 0. The maximum atomic E-state index is 8.76. The number of nitriles is 1. The molecule has 2 heteroatoms. The van der Waals surface area contributed by atoms with Crippen LogP contribution in [-0.4, -0.2) is 11.7 Å². The number of hydrogen-bond acceptors (Lipinski definition) is 2. The summed E-state index contributed by atoms with van der Waals surface area (Å²) >= 11 is 0. The molecule has 0 aliphatic rings. The maximum absolute atomic E-state index is 8.76. The molecule has 0 amide bonds. The van der Waals surface area contributed by atoms with Gasteiger partial charge in [0, 0.05) is 0 Å². The average Bonchev–Trinajstić information content (AvgIpc) is 2.16. The van der Waals surface area contributed by atoms with E-state index in [-0.39, 0.29) is 12.5 Å². The zero-order chi connectivity index (χ0) is 8.81. The lowest BCUT2D eigenvalue weighted by atomic mass is 10.0. The number of benzene rings is 1. The van der Waals surface area contributed by atoms with Crippen molar-refractivity contribution >= 4 is 0 Å². The van der Waals surface area contributed by atoms with E-state index >= 15 is 0 Å². The molecule has 0 radical (unpaired) electrons. The molecule has 0 spiro atoms. The lowest BCUT2D eigenvalue weighted by molar-refractivity contribution is 0.255. The predicted octanol–water partition coefficient (Wildman–Crippen LogP) is 1.36. The Kier molecular flexibility index (Phi) is 3.31. The Morgan fingerprint density at radius 1 is 1.33 bits per heavy atom. The molecule has 0 aliphatic heterocycles. The predicted molar refractivity (Wildman–Crippen MR) is 46.3 cm³/mol. The van der Waals surface area contributed by atoms with E-state index in [0.29, 0.717) is 6.42 Å². The van der Waals surface area contributed by atoms with Crippen LogP contribution in [0.2, 0.25) is 0 Å². The zero-order valence-electron chi connectivity index (χ0n) is 6.77. The van der Waals surface area contributed by atoms with Gasteiger partial charge in [-0.15, -0.1) is 0 Å². The van der Waals surface area contributed by atoms with Gasteiger partial charge in [0.25, 0.3) is 0 Å². The standard InChI is InChI=1S/C10H11NO/c11-7-10(8-12)6-9-4-2-1-3-5-9/h1-5,10,12H,6,8H2/t10-/m0/s1. The molecule has 62 valence electrons. The fourth-order valence-corrected chi connectivity index (χ4v) is 1.05. The molecule has 0 saturated heterocycles. The number of hydrogen-bond donors (Lipinski definition) is 1. The van der Waals surface area contributed by atoms with E-state index in [9.17, 15) is 0 Å². The van der Waals surface area contributed by atoms with Crippen molar-refractivity contribution in [1.82, 2.24) is 0 Å². The van der Waals surface area contributed by atoms with E-state index in [2.05, 4.69) is 6.07 Å². The molecule has 0 heterocycles. The van der Waals surface area contributed by atoms with Crippen LogP contribution in [0.1, 0.15) is 5.56 Å². The molecule has 1 rings (SSSR count). The summed E-state index contributed by atoms with van der Waals surface area (Å²) in [6.07, 6.45) is 0.633. The van der Waals surface area contributed by atoms with Crippen LogP contribution in [0, 0.1) is 17.2 Å². The van der Waals surface area contributed by atoms with Crippen molar-refractivity contribution in [3.05, 3.63) is 35.9 Å². The third kappa shape index (κ3) is 2.37. The molecule has 0 aliphatic carbocycles. The van der Waals surface area contributed by atoms with Crippen molar-refractivity contribution in [2.45, 2.75) is 6.42 Å². The summed E-state index contributed by atoms with van der Waals surface area (Å²) in [6.45, 7) is -0.0641. The van der Waals surface area contributed by atoms with E-state index in [1.807, 2.05) is 30.3 Å². The smallest absolute Gasteiger partial charge is 0.0734 e. The van der Waals surface area contributed by atoms with E-state index < -0.39 is 0 Å². The zero-order valence-corrected chi connectivity index (χ0v) is 6.77. The van der Waals surface area contributed by atoms with Crippen LogP contribution in [0.3, 0.4) is 0 Å². The minimum absolute atomic E-state index is 0.0641.